The van der Waals surface area contributed by atoms with E-state index in [1.807, 2.05) is 0 Å². The standard InChI is InChI=1S/C10H9F2N3/c1-15-6-13-14-9(15)5-7-3-2-4-8(11)10(7)12/h2-4,6H,5H2,1H3. The van der Waals surface area contributed by atoms with Crippen LogP contribution < -0.4 is 0 Å². The van der Waals surface area contributed by atoms with Crippen molar-refractivity contribution >= 4 is 0 Å². The van der Waals surface area contributed by atoms with Gasteiger partial charge in [0.05, 0.1) is 0 Å². The Morgan fingerprint density at radius 2 is 2.13 bits per heavy atom. The Kier molecular flexibility index (Phi) is 2.45. The molecule has 0 amide bonds. The molecule has 1 aromatic carbocycles. The second-order valence-electron chi connectivity index (χ2n) is 3.25. The maximum absolute atomic E-state index is 13.3. The summed E-state index contributed by atoms with van der Waals surface area (Å²) < 4.78 is 27.9. The van der Waals surface area contributed by atoms with E-state index in [0.717, 1.165) is 6.07 Å². The zero-order valence-corrected chi connectivity index (χ0v) is 8.11. The predicted molar refractivity (Wildman–Crippen MR) is 50.2 cm³/mol. The molecule has 0 aliphatic heterocycles. The Morgan fingerprint density at radius 1 is 1.33 bits per heavy atom. The molecule has 0 spiro atoms. The lowest BCUT2D eigenvalue weighted by Gasteiger charge is -2.02. The first-order chi connectivity index (χ1) is 7.18. The first-order valence-corrected chi connectivity index (χ1v) is 4.44. The first-order valence-electron chi connectivity index (χ1n) is 4.44. The van der Waals surface area contributed by atoms with E-state index in [1.165, 1.54) is 18.5 Å². The summed E-state index contributed by atoms with van der Waals surface area (Å²) in [5, 5.41) is 7.47. The van der Waals surface area contributed by atoms with Gasteiger partial charge in [-0.3, -0.25) is 0 Å². The van der Waals surface area contributed by atoms with E-state index in [4.69, 9.17) is 0 Å². The van der Waals surface area contributed by atoms with E-state index in [0.29, 0.717) is 5.82 Å². The number of hydrogen-bond donors (Lipinski definition) is 0. The van der Waals surface area contributed by atoms with Crippen molar-refractivity contribution in [2.45, 2.75) is 6.42 Å². The molecule has 0 aliphatic carbocycles. The molecule has 0 unspecified atom stereocenters. The summed E-state index contributed by atoms with van der Waals surface area (Å²) in [6, 6.07) is 4.10. The minimum atomic E-state index is -0.838. The van der Waals surface area contributed by atoms with Crippen LogP contribution in [0.25, 0.3) is 0 Å². The van der Waals surface area contributed by atoms with Gasteiger partial charge in [-0.2, -0.15) is 0 Å². The molecule has 78 valence electrons. The van der Waals surface area contributed by atoms with Crippen LogP contribution in [0.4, 0.5) is 8.78 Å². The molecular weight excluding hydrogens is 200 g/mol. The molecule has 15 heavy (non-hydrogen) atoms. The third-order valence-electron chi connectivity index (χ3n) is 2.19. The zero-order valence-electron chi connectivity index (χ0n) is 8.11. The van der Waals surface area contributed by atoms with Crippen LogP contribution in [0.3, 0.4) is 0 Å². The fourth-order valence-corrected chi connectivity index (χ4v) is 1.32. The molecule has 0 fully saturated rings. The van der Waals surface area contributed by atoms with Crippen LogP contribution in [-0.2, 0) is 13.5 Å². The predicted octanol–water partition coefficient (Wildman–Crippen LogP) is 1.68. The summed E-state index contributed by atoms with van der Waals surface area (Å²) in [5.74, 6) is -1.06. The molecule has 1 heterocycles. The van der Waals surface area contributed by atoms with Crippen molar-refractivity contribution in [3.05, 3.63) is 47.5 Å². The van der Waals surface area contributed by atoms with Gasteiger partial charge in [-0.25, -0.2) is 8.78 Å². The van der Waals surface area contributed by atoms with E-state index < -0.39 is 11.6 Å². The quantitative estimate of drug-likeness (QED) is 0.753. The van der Waals surface area contributed by atoms with Gasteiger partial charge in [0.1, 0.15) is 12.2 Å². The molecule has 2 aromatic rings. The SMILES string of the molecule is Cn1cnnc1Cc1cccc(F)c1F. The summed E-state index contributed by atoms with van der Waals surface area (Å²) in [7, 11) is 1.76. The molecular formula is C10H9F2N3. The van der Waals surface area contributed by atoms with Gasteiger partial charge in [-0.15, -0.1) is 10.2 Å². The second kappa shape index (κ2) is 3.76. The van der Waals surface area contributed by atoms with E-state index >= 15 is 0 Å². The number of aryl methyl sites for hydroxylation is 1. The largest absolute Gasteiger partial charge is 0.320 e. The molecule has 0 saturated heterocycles. The van der Waals surface area contributed by atoms with Gasteiger partial charge in [0, 0.05) is 13.5 Å². The number of nitrogens with zero attached hydrogens (tertiary/aromatic N) is 3. The minimum absolute atomic E-state index is 0.236. The average Bonchev–Trinajstić information content (AvgIpc) is 2.60. The van der Waals surface area contributed by atoms with Crippen LogP contribution in [0.1, 0.15) is 11.4 Å². The first kappa shape index (κ1) is 9.76. The molecule has 0 radical (unpaired) electrons. The van der Waals surface area contributed by atoms with Gasteiger partial charge < -0.3 is 4.57 Å². The number of benzene rings is 1. The fraction of sp³-hybridized carbons (Fsp3) is 0.200. The van der Waals surface area contributed by atoms with Crippen LogP contribution in [0.15, 0.2) is 24.5 Å². The van der Waals surface area contributed by atoms with Gasteiger partial charge in [0.15, 0.2) is 11.6 Å². The third-order valence-corrected chi connectivity index (χ3v) is 2.19. The Balaban J connectivity index is 2.33. The Morgan fingerprint density at radius 3 is 2.80 bits per heavy atom. The summed E-state index contributed by atoms with van der Waals surface area (Å²) in [6.07, 6.45) is 1.76. The van der Waals surface area contributed by atoms with Crippen LogP contribution in [0, 0.1) is 11.6 Å². The van der Waals surface area contributed by atoms with Crippen LogP contribution in [0.5, 0.6) is 0 Å². The maximum Gasteiger partial charge on any atom is 0.162 e. The van der Waals surface area contributed by atoms with E-state index in [2.05, 4.69) is 10.2 Å². The Bertz CT molecular complexity index is 479. The lowest BCUT2D eigenvalue weighted by atomic mass is 10.1. The molecule has 1 aromatic heterocycles. The summed E-state index contributed by atoms with van der Waals surface area (Å²) >= 11 is 0. The van der Waals surface area contributed by atoms with Crippen LogP contribution in [-0.4, -0.2) is 14.8 Å². The van der Waals surface area contributed by atoms with Crippen molar-refractivity contribution in [3.8, 4) is 0 Å². The number of aromatic nitrogens is 3. The van der Waals surface area contributed by atoms with E-state index in [9.17, 15) is 8.78 Å². The molecule has 0 aliphatic rings. The van der Waals surface area contributed by atoms with Gasteiger partial charge in [-0.1, -0.05) is 12.1 Å². The Hall–Kier alpha value is -1.78. The highest BCUT2D eigenvalue weighted by Gasteiger charge is 2.10. The van der Waals surface area contributed by atoms with Crippen molar-refractivity contribution < 1.29 is 8.78 Å². The van der Waals surface area contributed by atoms with Crippen molar-refractivity contribution in [2.75, 3.05) is 0 Å². The van der Waals surface area contributed by atoms with Crippen LogP contribution >= 0.6 is 0 Å². The fourth-order valence-electron chi connectivity index (χ4n) is 1.32. The zero-order chi connectivity index (χ0) is 10.8. The number of rotatable bonds is 2. The summed E-state index contributed by atoms with van der Waals surface area (Å²) in [5.41, 5.74) is 0.283. The van der Waals surface area contributed by atoms with Crippen molar-refractivity contribution in [3.63, 3.8) is 0 Å². The van der Waals surface area contributed by atoms with E-state index in [1.54, 1.807) is 11.6 Å². The third kappa shape index (κ3) is 1.86. The van der Waals surface area contributed by atoms with Crippen molar-refractivity contribution in [2.24, 2.45) is 7.05 Å². The molecule has 2 rings (SSSR count). The molecule has 0 bridgehead atoms. The molecule has 0 saturated carbocycles. The normalized spacial score (nSPS) is 10.6. The highest BCUT2D eigenvalue weighted by Crippen LogP contribution is 2.14. The van der Waals surface area contributed by atoms with Crippen molar-refractivity contribution in [1.29, 1.82) is 0 Å². The monoisotopic (exact) mass is 209 g/mol. The minimum Gasteiger partial charge on any atom is -0.320 e. The lowest BCUT2D eigenvalue weighted by Crippen LogP contribution is -2.01. The van der Waals surface area contributed by atoms with Gasteiger partial charge in [0.25, 0.3) is 0 Å². The Labute approximate surface area is 85.4 Å². The molecule has 0 atom stereocenters. The van der Waals surface area contributed by atoms with Crippen molar-refractivity contribution in [1.82, 2.24) is 14.8 Å². The highest BCUT2D eigenvalue weighted by atomic mass is 19.2. The molecule has 0 N–H and O–H groups in total. The number of hydrogen-bond acceptors (Lipinski definition) is 2. The average molecular weight is 209 g/mol. The highest BCUT2D eigenvalue weighted by molar-refractivity contribution is 5.22. The summed E-state index contributed by atoms with van der Waals surface area (Å²) in [6.45, 7) is 0. The smallest absolute Gasteiger partial charge is 0.162 e. The lowest BCUT2D eigenvalue weighted by molar-refractivity contribution is 0.499. The summed E-state index contributed by atoms with van der Waals surface area (Å²) in [4.78, 5) is 0. The van der Waals surface area contributed by atoms with Gasteiger partial charge in [-0.05, 0) is 11.6 Å². The topological polar surface area (TPSA) is 30.7 Å². The molecule has 5 heteroatoms. The van der Waals surface area contributed by atoms with Gasteiger partial charge >= 0.3 is 0 Å². The molecule has 3 nitrogen and oxygen atoms in total. The van der Waals surface area contributed by atoms with Gasteiger partial charge in [0.2, 0.25) is 0 Å². The second-order valence-corrected chi connectivity index (χ2v) is 3.25. The maximum atomic E-state index is 13.3. The van der Waals surface area contributed by atoms with E-state index in [-0.39, 0.29) is 12.0 Å². The number of halogens is 2. The van der Waals surface area contributed by atoms with Crippen LogP contribution in [0.2, 0.25) is 0 Å².